The first-order valence-electron chi connectivity index (χ1n) is 4.41. The lowest BCUT2D eigenvalue weighted by Crippen LogP contribution is -2.23. The standard InChI is InChI=1S/C11H14N2/c1-9-4-3-5-11(6-9)8-13-10(2)7-12/h3-6,10,13H,8H2,1-2H3. The number of nitrogens with zero attached hydrogens (tertiary/aromatic N) is 1. The minimum Gasteiger partial charge on any atom is -0.298 e. The summed E-state index contributed by atoms with van der Waals surface area (Å²) >= 11 is 0. The van der Waals surface area contributed by atoms with Crippen LogP contribution in [0.5, 0.6) is 0 Å². The Labute approximate surface area is 79.2 Å². The van der Waals surface area contributed by atoms with Gasteiger partial charge in [-0.05, 0) is 19.4 Å². The zero-order chi connectivity index (χ0) is 9.68. The van der Waals surface area contributed by atoms with E-state index < -0.39 is 0 Å². The van der Waals surface area contributed by atoms with Crippen molar-refractivity contribution in [3.05, 3.63) is 35.4 Å². The van der Waals surface area contributed by atoms with Crippen LogP contribution in [-0.2, 0) is 6.54 Å². The van der Waals surface area contributed by atoms with Crippen LogP contribution >= 0.6 is 0 Å². The largest absolute Gasteiger partial charge is 0.298 e. The number of rotatable bonds is 3. The van der Waals surface area contributed by atoms with E-state index in [9.17, 15) is 0 Å². The van der Waals surface area contributed by atoms with Crippen molar-refractivity contribution in [1.29, 1.82) is 5.26 Å². The molecule has 1 rings (SSSR count). The molecule has 0 fully saturated rings. The molecule has 0 bridgehead atoms. The number of hydrogen-bond donors (Lipinski definition) is 1. The van der Waals surface area contributed by atoms with E-state index >= 15 is 0 Å². The number of aryl methyl sites for hydroxylation is 1. The maximum absolute atomic E-state index is 8.55. The molecular formula is C11H14N2. The third-order valence-corrected chi connectivity index (χ3v) is 1.89. The van der Waals surface area contributed by atoms with E-state index in [1.54, 1.807) is 0 Å². The molecule has 0 saturated heterocycles. The molecule has 0 radical (unpaired) electrons. The molecule has 1 aromatic carbocycles. The minimum atomic E-state index is -0.0829. The maximum atomic E-state index is 8.55. The van der Waals surface area contributed by atoms with Crippen molar-refractivity contribution >= 4 is 0 Å². The molecule has 0 heterocycles. The minimum absolute atomic E-state index is 0.0829. The second kappa shape index (κ2) is 4.64. The molecule has 0 aliphatic rings. The van der Waals surface area contributed by atoms with E-state index in [4.69, 9.17) is 5.26 Å². The van der Waals surface area contributed by atoms with Crippen LogP contribution in [0.25, 0.3) is 0 Å². The van der Waals surface area contributed by atoms with Gasteiger partial charge in [-0.25, -0.2) is 0 Å². The van der Waals surface area contributed by atoms with E-state index in [-0.39, 0.29) is 6.04 Å². The van der Waals surface area contributed by atoms with Gasteiger partial charge in [0.2, 0.25) is 0 Å². The van der Waals surface area contributed by atoms with Crippen molar-refractivity contribution in [3.63, 3.8) is 0 Å². The van der Waals surface area contributed by atoms with Crippen LogP contribution in [0.1, 0.15) is 18.1 Å². The first kappa shape index (κ1) is 9.76. The summed E-state index contributed by atoms with van der Waals surface area (Å²) in [5, 5.41) is 11.7. The van der Waals surface area contributed by atoms with Crippen LogP contribution in [0.4, 0.5) is 0 Å². The molecule has 1 unspecified atom stereocenters. The van der Waals surface area contributed by atoms with Crippen LogP contribution in [0.15, 0.2) is 24.3 Å². The van der Waals surface area contributed by atoms with Crippen molar-refractivity contribution < 1.29 is 0 Å². The molecule has 0 spiro atoms. The van der Waals surface area contributed by atoms with E-state index in [1.807, 2.05) is 13.0 Å². The second-order valence-electron chi connectivity index (χ2n) is 3.22. The van der Waals surface area contributed by atoms with Crippen LogP contribution in [0.2, 0.25) is 0 Å². The molecule has 0 amide bonds. The summed E-state index contributed by atoms with van der Waals surface area (Å²) in [5.74, 6) is 0. The monoisotopic (exact) mass is 174 g/mol. The van der Waals surface area contributed by atoms with E-state index in [1.165, 1.54) is 11.1 Å². The second-order valence-corrected chi connectivity index (χ2v) is 3.22. The molecule has 0 saturated carbocycles. The third-order valence-electron chi connectivity index (χ3n) is 1.89. The lowest BCUT2D eigenvalue weighted by atomic mass is 10.1. The van der Waals surface area contributed by atoms with Crippen molar-refractivity contribution in [2.75, 3.05) is 0 Å². The summed E-state index contributed by atoms with van der Waals surface area (Å²) in [7, 11) is 0. The van der Waals surface area contributed by atoms with Gasteiger partial charge in [0.25, 0.3) is 0 Å². The molecule has 0 aromatic heterocycles. The summed E-state index contributed by atoms with van der Waals surface area (Å²) in [6, 6.07) is 10.3. The Kier molecular flexibility index (Phi) is 3.48. The quantitative estimate of drug-likeness (QED) is 0.760. The molecule has 0 aliphatic heterocycles. The van der Waals surface area contributed by atoms with Gasteiger partial charge in [-0.15, -0.1) is 0 Å². The van der Waals surface area contributed by atoms with Crippen LogP contribution in [0, 0.1) is 18.3 Å². The molecule has 1 aromatic rings. The highest BCUT2D eigenvalue weighted by Gasteiger charge is 1.97. The number of nitriles is 1. The average Bonchev–Trinajstić information content (AvgIpc) is 2.14. The number of benzene rings is 1. The van der Waals surface area contributed by atoms with Gasteiger partial charge in [0.1, 0.15) is 0 Å². The predicted octanol–water partition coefficient (Wildman–Crippen LogP) is 2.00. The fraction of sp³-hybridized carbons (Fsp3) is 0.364. The molecule has 2 nitrogen and oxygen atoms in total. The topological polar surface area (TPSA) is 35.8 Å². The van der Waals surface area contributed by atoms with Gasteiger partial charge in [0, 0.05) is 6.54 Å². The van der Waals surface area contributed by atoms with E-state index in [2.05, 4.69) is 36.5 Å². The van der Waals surface area contributed by atoms with Crippen LogP contribution in [0.3, 0.4) is 0 Å². The number of hydrogen-bond acceptors (Lipinski definition) is 2. The van der Waals surface area contributed by atoms with Gasteiger partial charge in [0.05, 0.1) is 12.1 Å². The van der Waals surface area contributed by atoms with Gasteiger partial charge in [0.15, 0.2) is 0 Å². The molecule has 68 valence electrons. The Morgan fingerprint density at radius 2 is 2.31 bits per heavy atom. The lowest BCUT2D eigenvalue weighted by molar-refractivity contribution is 0.642. The van der Waals surface area contributed by atoms with Gasteiger partial charge in [-0.1, -0.05) is 29.8 Å². The van der Waals surface area contributed by atoms with Gasteiger partial charge < -0.3 is 0 Å². The molecular weight excluding hydrogens is 160 g/mol. The smallest absolute Gasteiger partial charge is 0.0927 e. The molecule has 2 heteroatoms. The highest BCUT2D eigenvalue weighted by molar-refractivity contribution is 5.22. The zero-order valence-electron chi connectivity index (χ0n) is 8.04. The summed E-state index contributed by atoms with van der Waals surface area (Å²) in [4.78, 5) is 0. The average molecular weight is 174 g/mol. The van der Waals surface area contributed by atoms with Crippen LogP contribution in [-0.4, -0.2) is 6.04 Å². The summed E-state index contributed by atoms with van der Waals surface area (Å²) < 4.78 is 0. The SMILES string of the molecule is Cc1cccc(CNC(C)C#N)c1. The molecule has 0 aliphatic carbocycles. The predicted molar refractivity (Wildman–Crippen MR) is 53.1 cm³/mol. The van der Waals surface area contributed by atoms with Crippen molar-refractivity contribution in [1.82, 2.24) is 5.32 Å². The summed E-state index contributed by atoms with van der Waals surface area (Å²) in [6.07, 6.45) is 0. The van der Waals surface area contributed by atoms with E-state index in [0.717, 1.165) is 6.54 Å². The highest BCUT2D eigenvalue weighted by atomic mass is 14.9. The Bertz CT molecular complexity index is 312. The number of nitrogens with one attached hydrogen (secondary N) is 1. The first-order valence-corrected chi connectivity index (χ1v) is 4.41. The Balaban J connectivity index is 2.51. The Morgan fingerprint density at radius 1 is 1.54 bits per heavy atom. The van der Waals surface area contributed by atoms with Gasteiger partial charge in [-0.3, -0.25) is 5.32 Å². The molecule has 1 atom stereocenters. The zero-order valence-corrected chi connectivity index (χ0v) is 8.04. The van der Waals surface area contributed by atoms with Crippen molar-refractivity contribution in [2.24, 2.45) is 0 Å². The van der Waals surface area contributed by atoms with E-state index in [0.29, 0.717) is 0 Å². The summed E-state index contributed by atoms with van der Waals surface area (Å²) in [5.41, 5.74) is 2.48. The Hall–Kier alpha value is -1.33. The summed E-state index contributed by atoms with van der Waals surface area (Å²) in [6.45, 7) is 4.68. The highest BCUT2D eigenvalue weighted by Crippen LogP contribution is 2.03. The van der Waals surface area contributed by atoms with Gasteiger partial charge in [-0.2, -0.15) is 5.26 Å². The van der Waals surface area contributed by atoms with Crippen molar-refractivity contribution in [2.45, 2.75) is 26.4 Å². The molecule has 13 heavy (non-hydrogen) atoms. The Morgan fingerprint density at radius 3 is 2.92 bits per heavy atom. The normalized spacial score (nSPS) is 12.1. The third kappa shape index (κ3) is 3.27. The first-order chi connectivity index (χ1) is 6.22. The maximum Gasteiger partial charge on any atom is 0.0927 e. The van der Waals surface area contributed by atoms with Crippen LogP contribution < -0.4 is 5.32 Å². The lowest BCUT2D eigenvalue weighted by Gasteiger charge is -2.06. The fourth-order valence-electron chi connectivity index (χ4n) is 1.14. The van der Waals surface area contributed by atoms with Gasteiger partial charge >= 0.3 is 0 Å². The fourth-order valence-corrected chi connectivity index (χ4v) is 1.14. The van der Waals surface area contributed by atoms with Crippen molar-refractivity contribution in [3.8, 4) is 6.07 Å². The molecule has 1 N–H and O–H groups in total.